The van der Waals surface area contributed by atoms with E-state index in [4.69, 9.17) is 4.74 Å². The SMILES string of the molecule is O=C(NCCC=Cc1ccc([N+](=O)[O-])c(F)c1)OCc1ccccc1. The maximum Gasteiger partial charge on any atom is 0.407 e. The van der Waals surface area contributed by atoms with Gasteiger partial charge in [-0.2, -0.15) is 4.39 Å². The van der Waals surface area contributed by atoms with Crippen LogP contribution in [0.25, 0.3) is 6.08 Å². The van der Waals surface area contributed by atoms with Crippen molar-refractivity contribution >= 4 is 17.9 Å². The van der Waals surface area contributed by atoms with Crippen molar-refractivity contribution < 1.29 is 18.8 Å². The Morgan fingerprint density at radius 2 is 2.00 bits per heavy atom. The molecule has 0 bridgehead atoms. The van der Waals surface area contributed by atoms with Gasteiger partial charge >= 0.3 is 11.8 Å². The molecule has 1 N–H and O–H groups in total. The molecule has 0 atom stereocenters. The van der Waals surface area contributed by atoms with Crippen LogP contribution in [0.1, 0.15) is 17.5 Å². The second-order valence-electron chi connectivity index (χ2n) is 5.15. The van der Waals surface area contributed by atoms with Gasteiger partial charge in [0.15, 0.2) is 0 Å². The molecule has 0 aliphatic rings. The van der Waals surface area contributed by atoms with E-state index < -0.39 is 22.5 Å². The summed E-state index contributed by atoms with van der Waals surface area (Å²) in [4.78, 5) is 21.3. The van der Waals surface area contributed by atoms with Crippen LogP contribution >= 0.6 is 0 Å². The standard InChI is InChI=1S/C18H17FN2O4/c19-16-12-14(9-10-17(16)21(23)24)6-4-5-11-20-18(22)25-13-15-7-2-1-3-8-15/h1-4,6-10,12H,5,11,13H2,(H,20,22). The number of nitro benzene ring substituents is 1. The summed E-state index contributed by atoms with van der Waals surface area (Å²) >= 11 is 0. The van der Waals surface area contributed by atoms with Crippen molar-refractivity contribution in [1.82, 2.24) is 5.32 Å². The maximum atomic E-state index is 13.5. The van der Waals surface area contributed by atoms with Gasteiger partial charge in [0.25, 0.3) is 0 Å². The van der Waals surface area contributed by atoms with Crippen molar-refractivity contribution in [3.05, 3.63) is 81.7 Å². The van der Waals surface area contributed by atoms with E-state index in [0.717, 1.165) is 17.7 Å². The van der Waals surface area contributed by atoms with E-state index in [1.54, 1.807) is 12.2 Å². The summed E-state index contributed by atoms with van der Waals surface area (Å²) in [5.41, 5.74) is 0.854. The third-order valence-corrected chi connectivity index (χ3v) is 3.27. The Balaban J connectivity index is 1.70. The summed E-state index contributed by atoms with van der Waals surface area (Å²) in [6.07, 6.45) is 3.36. The third-order valence-electron chi connectivity index (χ3n) is 3.27. The zero-order valence-corrected chi connectivity index (χ0v) is 13.4. The van der Waals surface area contributed by atoms with Crippen molar-refractivity contribution in [1.29, 1.82) is 0 Å². The molecule has 0 unspecified atom stereocenters. The molecule has 0 heterocycles. The molecule has 0 spiro atoms. The number of amides is 1. The highest BCUT2D eigenvalue weighted by Crippen LogP contribution is 2.18. The molecular weight excluding hydrogens is 327 g/mol. The molecule has 7 heteroatoms. The number of ether oxygens (including phenoxy) is 1. The summed E-state index contributed by atoms with van der Waals surface area (Å²) in [6.45, 7) is 0.560. The minimum absolute atomic E-state index is 0.199. The van der Waals surface area contributed by atoms with Crippen molar-refractivity contribution in [3.8, 4) is 0 Å². The maximum absolute atomic E-state index is 13.5. The van der Waals surface area contributed by atoms with Gasteiger partial charge in [0.2, 0.25) is 5.82 Å². The summed E-state index contributed by atoms with van der Waals surface area (Å²) in [7, 11) is 0. The molecule has 0 aliphatic carbocycles. The lowest BCUT2D eigenvalue weighted by molar-refractivity contribution is -0.387. The van der Waals surface area contributed by atoms with E-state index in [2.05, 4.69) is 5.32 Å². The normalized spacial score (nSPS) is 10.6. The molecule has 0 saturated heterocycles. The van der Waals surface area contributed by atoms with Crippen LogP contribution in [0, 0.1) is 15.9 Å². The number of nitrogens with one attached hydrogen (secondary N) is 1. The van der Waals surface area contributed by atoms with Gasteiger partial charge in [-0.05, 0) is 29.7 Å². The van der Waals surface area contributed by atoms with Crippen LogP contribution in [0.5, 0.6) is 0 Å². The van der Waals surface area contributed by atoms with Gasteiger partial charge in [-0.3, -0.25) is 10.1 Å². The van der Waals surface area contributed by atoms with Crippen LogP contribution < -0.4 is 5.32 Å². The second-order valence-corrected chi connectivity index (χ2v) is 5.15. The molecule has 1 amide bonds. The van der Waals surface area contributed by atoms with Crippen LogP contribution in [0.15, 0.2) is 54.6 Å². The summed E-state index contributed by atoms with van der Waals surface area (Å²) in [5.74, 6) is -0.880. The number of rotatable bonds is 7. The van der Waals surface area contributed by atoms with Gasteiger partial charge in [0, 0.05) is 12.6 Å². The monoisotopic (exact) mass is 344 g/mol. The minimum Gasteiger partial charge on any atom is -0.445 e. The molecule has 0 aliphatic heterocycles. The third kappa shape index (κ3) is 6.06. The van der Waals surface area contributed by atoms with E-state index in [1.165, 1.54) is 6.07 Å². The smallest absolute Gasteiger partial charge is 0.407 e. The highest BCUT2D eigenvalue weighted by atomic mass is 19.1. The highest BCUT2D eigenvalue weighted by molar-refractivity contribution is 5.67. The number of carbonyl (C=O) groups is 1. The van der Waals surface area contributed by atoms with Gasteiger partial charge < -0.3 is 10.1 Å². The van der Waals surface area contributed by atoms with E-state index in [0.29, 0.717) is 18.5 Å². The lowest BCUT2D eigenvalue weighted by atomic mass is 10.1. The number of alkyl carbamates (subject to hydrolysis) is 1. The number of hydrogen-bond donors (Lipinski definition) is 1. The van der Waals surface area contributed by atoms with Crippen LogP contribution in [0.2, 0.25) is 0 Å². The lowest BCUT2D eigenvalue weighted by Gasteiger charge is -2.05. The molecule has 2 aromatic rings. The molecule has 2 rings (SSSR count). The average molecular weight is 344 g/mol. The predicted molar refractivity (Wildman–Crippen MR) is 91.3 cm³/mol. The van der Waals surface area contributed by atoms with Crippen LogP contribution in [-0.2, 0) is 11.3 Å². The zero-order valence-electron chi connectivity index (χ0n) is 13.4. The van der Waals surface area contributed by atoms with E-state index in [9.17, 15) is 19.3 Å². The molecule has 130 valence electrons. The fourth-order valence-corrected chi connectivity index (χ4v) is 2.03. The van der Waals surface area contributed by atoms with Crippen LogP contribution in [0.4, 0.5) is 14.9 Å². The van der Waals surface area contributed by atoms with E-state index in [1.807, 2.05) is 30.3 Å². The second kappa shape index (κ2) is 9.17. The topological polar surface area (TPSA) is 81.5 Å². The molecule has 0 radical (unpaired) electrons. The van der Waals surface area contributed by atoms with Crippen molar-refractivity contribution in [2.45, 2.75) is 13.0 Å². The van der Waals surface area contributed by atoms with Crippen molar-refractivity contribution in [2.75, 3.05) is 6.54 Å². The quantitative estimate of drug-likeness (QED) is 0.466. The number of hydrogen-bond acceptors (Lipinski definition) is 4. The molecule has 0 aromatic heterocycles. The molecular formula is C18H17FN2O4. The molecule has 0 fully saturated rings. The first-order valence-electron chi connectivity index (χ1n) is 7.61. The average Bonchev–Trinajstić information content (AvgIpc) is 2.60. The summed E-state index contributed by atoms with van der Waals surface area (Å²) in [5, 5.41) is 13.1. The fraction of sp³-hybridized carbons (Fsp3) is 0.167. The van der Waals surface area contributed by atoms with E-state index in [-0.39, 0.29) is 6.61 Å². The number of nitro groups is 1. The Morgan fingerprint density at radius 1 is 1.24 bits per heavy atom. The summed E-state index contributed by atoms with van der Waals surface area (Å²) < 4.78 is 18.5. The van der Waals surface area contributed by atoms with E-state index >= 15 is 0 Å². The van der Waals surface area contributed by atoms with Gasteiger partial charge in [-0.15, -0.1) is 0 Å². The van der Waals surface area contributed by atoms with Gasteiger partial charge in [0.05, 0.1) is 4.92 Å². The number of carbonyl (C=O) groups excluding carboxylic acids is 1. The van der Waals surface area contributed by atoms with Crippen LogP contribution in [-0.4, -0.2) is 17.6 Å². The summed E-state index contributed by atoms with van der Waals surface area (Å²) in [6, 6.07) is 13.0. The zero-order chi connectivity index (χ0) is 18.1. The largest absolute Gasteiger partial charge is 0.445 e. The number of halogens is 1. The fourth-order valence-electron chi connectivity index (χ4n) is 2.03. The predicted octanol–water partition coefficient (Wildman–Crippen LogP) is 4.06. The first kappa shape index (κ1) is 18.1. The van der Waals surface area contributed by atoms with Crippen molar-refractivity contribution in [3.63, 3.8) is 0 Å². The minimum atomic E-state index is -0.880. The first-order valence-corrected chi connectivity index (χ1v) is 7.61. The van der Waals surface area contributed by atoms with Crippen LogP contribution in [0.3, 0.4) is 0 Å². The van der Waals surface area contributed by atoms with Gasteiger partial charge in [0.1, 0.15) is 6.61 Å². The molecule has 0 saturated carbocycles. The number of nitrogens with zero attached hydrogens (tertiary/aromatic N) is 1. The Morgan fingerprint density at radius 3 is 2.68 bits per heavy atom. The Hall–Kier alpha value is -3.22. The lowest BCUT2D eigenvalue weighted by Crippen LogP contribution is -2.24. The van der Waals surface area contributed by atoms with Gasteiger partial charge in [-0.25, -0.2) is 4.79 Å². The number of benzene rings is 2. The van der Waals surface area contributed by atoms with Crippen molar-refractivity contribution in [2.24, 2.45) is 0 Å². The first-order chi connectivity index (χ1) is 12.1. The molecule has 25 heavy (non-hydrogen) atoms. The van der Waals surface area contributed by atoms with Gasteiger partial charge in [-0.1, -0.05) is 42.5 Å². The molecule has 6 nitrogen and oxygen atoms in total. The molecule has 2 aromatic carbocycles. The Bertz CT molecular complexity index is 763. The Labute approximate surface area is 144 Å². The highest BCUT2D eigenvalue weighted by Gasteiger charge is 2.12. The Kier molecular flexibility index (Phi) is 6.65.